The molecule has 3 rings (SSSR count). The van der Waals surface area contributed by atoms with Gasteiger partial charge in [-0.15, -0.1) is 11.3 Å². The molecule has 0 N–H and O–H groups in total. The molecule has 2 aromatic carbocycles. The largest absolute Gasteiger partial charge is 0.494 e. The van der Waals surface area contributed by atoms with Gasteiger partial charge >= 0.3 is 0 Å². The maximum Gasteiger partial charge on any atom is 0.269 e. The number of nitro groups is 1. The van der Waals surface area contributed by atoms with Gasteiger partial charge in [0.05, 0.1) is 17.2 Å². The average Bonchev–Trinajstić information content (AvgIpc) is 3.06. The van der Waals surface area contributed by atoms with Crippen molar-refractivity contribution in [3.63, 3.8) is 0 Å². The van der Waals surface area contributed by atoms with Gasteiger partial charge in [0.15, 0.2) is 0 Å². The second kappa shape index (κ2) is 6.58. The van der Waals surface area contributed by atoms with Gasteiger partial charge in [-0.1, -0.05) is 0 Å². The molecule has 0 aliphatic carbocycles. The summed E-state index contributed by atoms with van der Waals surface area (Å²) in [5.41, 5.74) is 2.78. The molecule has 0 radical (unpaired) electrons. The number of nitro benzene ring substituents is 1. The highest BCUT2D eigenvalue weighted by molar-refractivity contribution is 7.13. The highest BCUT2D eigenvalue weighted by atomic mass is 32.1. The number of nitrogens with zero attached hydrogens (tertiary/aromatic N) is 2. The molecule has 0 bridgehead atoms. The number of rotatable bonds is 5. The third kappa shape index (κ3) is 3.37. The van der Waals surface area contributed by atoms with E-state index >= 15 is 0 Å². The Balaban J connectivity index is 1.83. The molecule has 6 heteroatoms. The lowest BCUT2D eigenvalue weighted by molar-refractivity contribution is -0.384. The van der Waals surface area contributed by atoms with E-state index in [1.54, 1.807) is 23.5 Å². The predicted molar refractivity (Wildman–Crippen MR) is 90.8 cm³/mol. The molecule has 0 amide bonds. The average molecular weight is 326 g/mol. The van der Waals surface area contributed by atoms with Crippen LogP contribution in [0.5, 0.6) is 5.75 Å². The summed E-state index contributed by atoms with van der Waals surface area (Å²) in [5.74, 6) is 0.836. The zero-order valence-corrected chi connectivity index (χ0v) is 13.2. The van der Waals surface area contributed by atoms with Gasteiger partial charge in [-0.3, -0.25) is 10.1 Å². The lowest BCUT2D eigenvalue weighted by Crippen LogP contribution is -1.90. The molecule has 0 saturated heterocycles. The van der Waals surface area contributed by atoms with Crippen LogP contribution in [0.2, 0.25) is 0 Å². The first-order valence-corrected chi connectivity index (χ1v) is 7.99. The molecule has 0 aliphatic heterocycles. The summed E-state index contributed by atoms with van der Waals surface area (Å²) < 4.78 is 5.43. The van der Waals surface area contributed by atoms with E-state index in [0.29, 0.717) is 6.61 Å². The van der Waals surface area contributed by atoms with Crippen LogP contribution in [-0.4, -0.2) is 16.5 Å². The lowest BCUT2D eigenvalue weighted by atomic mass is 10.1. The molecule has 3 aromatic rings. The highest BCUT2D eigenvalue weighted by Crippen LogP contribution is 2.30. The monoisotopic (exact) mass is 326 g/mol. The Hall–Kier alpha value is -2.73. The summed E-state index contributed by atoms with van der Waals surface area (Å²) in [4.78, 5) is 14.9. The van der Waals surface area contributed by atoms with Crippen LogP contribution in [-0.2, 0) is 0 Å². The second-order valence-corrected chi connectivity index (χ2v) is 5.66. The van der Waals surface area contributed by atoms with Crippen molar-refractivity contribution in [1.29, 1.82) is 0 Å². The van der Waals surface area contributed by atoms with Crippen molar-refractivity contribution >= 4 is 17.0 Å². The molecule has 0 aliphatic rings. The molecule has 5 nitrogen and oxygen atoms in total. The van der Waals surface area contributed by atoms with Crippen molar-refractivity contribution in [2.75, 3.05) is 6.61 Å². The summed E-state index contributed by atoms with van der Waals surface area (Å²) in [6.45, 7) is 2.59. The van der Waals surface area contributed by atoms with Gasteiger partial charge < -0.3 is 4.74 Å². The molecule has 0 spiro atoms. The van der Waals surface area contributed by atoms with Crippen LogP contribution >= 0.6 is 11.3 Å². The lowest BCUT2D eigenvalue weighted by Gasteiger charge is -2.03. The summed E-state index contributed by atoms with van der Waals surface area (Å²) in [7, 11) is 0. The Morgan fingerprint density at radius 2 is 1.74 bits per heavy atom. The normalized spacial score (nSPS) is 10.5. The van der Waals surface area contributed by atoms with E-state index in [4.69, 9.17) is 4.74 Å². The fraction of sp³-hybridized carbons (Fsp3) is 0.118. The number of hydrogen-bond donors (Lipinski definition) is 0. The first kappa shape index (κ1) is 15.2. The van der Waals surface area contributed by atoms with E-state index in [-0.39, 0.29) is 5.69 Å². The SMILES string of the molecule is CCOc1ccc(-c2nc(-c3ccc([N+](=O)[O-])cc3)cs2)cc1. The number of ether oxygens (including phenoxy) is 1. The van der Waals surface area contributed by atoms with Crippen LogP contribution in [0.1, 0.15) is 6.92 Å². The first-order chi connectivity index (χ1) is 11.2. The van der Waals surface area contributed by atoms with Crippen molar-refractivity contribution in [2.45, 2.75) is 6.92 Å². The topological polar surface area (TPSA) is 65.3 Å². The zero-order valence-electron chi connectivity index (χ0n) is 12.4. The number of non-ortho nitro benzene ring substituents is 1. The maximum atomic E-state index is 10.7. The summed E-state index contributed by atoms with van der Waals surface area (Å²) in [6.07, 6.45) is 0. The van der Waals surface area contributed by atoms with Gasteiger partial charge in [0.1, 0.15) is 10.8 Å². The standard InChI is InChI=1S/C17H14N2O3S/c1-2-22-15-9-5-13(6-10-15)17-18-16(11-23-17)12-3-7-14(8-4-12)19(20)21/h3-11H,2H2,1H3. The van der Waals surface area contributed by atoms with E-state index < -0.39 is 4.92 Å². The second-order valence-electron chi connectivity index (χ2n) is 4.80. The van der Waals surface area contributed by atoms with Gasteiger partial charge in [-0.2, -0.15) is 0 Å². The van der Waals surface area contributed by atoms with E-state index in [9.17, 15) is 10.1 Å². The molecule has 0 unspecified atom stereocenters. The van der Waals surface area contributed by atoms with Crippen LogP contribution in [0.3, 0.4) is 0 Å². The number of benzene rings is 2. The van der Waals surface area contributed by atoms with Crippen molar-refractivity contribution in [3.8, 4) is 27.6 Å². The summed E-state index contributed by atoms with van der Waals surface area (Å²) in [5, 5.41) is 13.5. The van der Waals surface area contributed by atoms with E-state index in [1.807, 2.05) is 36.6 Å². The summed E-state index contributed by atoms with van der Waals surface area (Å²) >= 11 is 1.54. The molecule has 0 atom stereocenters. The minimum absolute atomic E-state index is 0.0794. The minimum Gasteiger partial charge on any atom is -0.494 e. The number of hydrogen-bond acceptors (Lipinski definition) is 5. The Kier molecular flexibility index (Phi) is 4.34. The molecule has 1 heterocycles. The third-order valence-corrected chi connectivity index (χ3v) is 4.18. The molecule has 1 aromatic heterocycles. The maximum absolute atomic E-state index is 10.7. The Morgan fingerprint density at radius 1 is 1.09 bits per heavy atom. The van der Waals surface area contributed by atoms with E-state index in [2.05, 4.69) is 4.98 Å². The third-order valence-electron chi connectivity index (χ3n) is 3.29. The van der Waals surface area contributed by atoms with Gasteiger partial charge in [-0.05, 0) is 43.3 Å². The van der Waals surface area contributed by atoms with Gasteiger partial charge in [-0.25, -0.2) is 4.98 Å². The van der Waals surface area contributed by atoms with Crippen molar-refractivity contribution in [3.05, 3.63) is 64.0 Å². The van der Waals surface area contributed by atoms with Crippen molar-refractivity contribution < 1.29 is 9.66 Å². The Labute approximate surface area is 137 Å². The fourth-order valence-electron chi connectivity index (χ4n) is 2.15. The van der Waals surface area contributed by atoms with Gasteiger partial charge in [0.2, 0.25) is 0 Å². The number of aromatic nitrogens is 1. The number of thiazole rings is 1. The highest BCUT2D eigenvalue weighted by Gasteiger charge is 2.09. The molecule has 0 fully saturated rings. The molecule has 23 heavy (non-hydrogen) atoms. The summed E-state index contributed by atoms with van der Waals surface area (Å²) in [6, 6.07) is 14.2. The van der Waals surface area contributed by atoms with Crippen LogP contribution in [0.4, 0.5) is 5.69 Å². The van der Waals surface area contributed by atoms with E-state index in [1.165, 1.54) is 12.1 Å². The van der Waals surface area contributed by atoms with Gasteiger partial charge in [0, 0.05) is 28.6 Å². The quantitative estimate of drug-likeness (QED) is 0.500. The molecule has 116 valence electrons. The van der Waals surface area contributed by atoms with E-state index in [0.717, 1.165) is 27.6 Å². The zero-order chi connectivity index (χ0) is 16.2. The van der Waals surface area contributed by atoms with Crippen LogP contribution in [0.15, 0.2) is 53.9 Å². The van der Waals surface area contributed by atoms with Crippen LogP contribution in [0.25, 0.3) is 21.8 Å². The first-order valence-electron chi connectivity index (χ1n) is 7.11. The van der Waals surface area contributed by atoms with Crippen molar-refractivity contribution in [2.24, 2.45) is 0 Å². The smallest absolute Gasteiger partial charge is 0.269 e. The van der Waals surface area contributed by atoms with Gasteiger partial charge in [0.25, 0.3) is 5.69 Å². The predicted octanol–water partition coefficient (Wildman–Crippen LogP) is 4.78. The van der Waals surface area contributed by atoms with Crippen LogP contribution < -0.4 is 4.74 Å². The Morgan fingerprint density at radius 3 is 2.35 bits per heavy atom. The fourth-order valence-corrected chi connectivity index (χ4v) is 2.99. The Bertz CT molecular complexity index is 811. The molecule has 0 saturated carbocycles. The molecular weight excluding hydrogens is 312 g/mol. The minimum atomic E-state index is -0.407. The molecular formula is C17H14N2O3S. The van der Waals surface area contributed by atoms with Crippen LogP contribution in [0, 0.1) is 10.1 Å². The van der Waals surface area contributed by atoms with Crippen molar-refractivity contribution in [1.82, 2.24) is 4.98 Å².